The Labute approximate surface area is 138 Å². The first kappa shape index (κ1) is 17.1. The lowest BCUT2D eigenvalue weighted by Crippen LogP contribution is -1.90. The molecule has 122 valence electrons. The van der Waals surface area contributed by atoms with E-state index in [1.807, 2.05) is 48.5 Å². The number of benzene rings is 2. The molecular weight excluding hydrogens is 288 g/mol. The van der Waals surface area contributed by atoms with Crippen LogP contribution in [0.25, 0.3) is 5.57 Å². The summed E-state index contributed by atoms with van der Waals surface area (Å²) in [5.41, 5.74) is 2.26. The minimum atomic E-state index is 0.0581. The van der Waals surface area contributed by atoms with Gasteiger partial charge in [0.2, 0.25) is 0 Å². The molecule has 0 aliphatic heterocycles. The van der Waals surface area contributed by atoms with Crippen LogP contribution < -0.4 is 9.47 Å². The number of aliphatic hydroxyl groups is 1. The summed E-state index contributed by atoms with van der Waals surface area (Å²) < 4.78 is 11.1. The third-order valence-corrected chi connectivity index (χ3v) is 3.64. The number of methoxy groups -OCH3 is 1. The van der Waals surface area contributed by atoms with E-state index in [9.17, 15) is 5.11 Å². The first-order chi connectivity index (χ1) is 11.3. The average Bonchev–Trinajstić information content (AvgIpc) is 2.59. The predicted molar refractivity (Wildman–Crippen MR) is 94.1 cm³/mol. The summed E-state index contributed by atoms with van der Waals surface area (Å²) in [6, 6.07) is 15.5. The quantitative estimate of drug-likeness (QED) is 0.741. The minimum absolute atomic E-state index is 0.0581. The Hall–Kier alpha value is -2.26. The summed E-state index contributed by atoms with van der Waals surface area (Å²) in [4.78, 5) is 0. The van der Waals surface area contributed by atoms with Gasteiger partial charge in [-0.25, -0.2) is 0 Å². The molecular formula is C20H24O3. The van der Waals surface area contributed by atoms with Gasteiger partial charge in [0, 0.05) is 0 Å². The van der Waals surface area contributed by atoms with Crippen molar-refractivity contribution in [2.45, 2.75) is 26.2 Å². The molecule has 0 aliphatic rings. The van der Waals surface area contributed by atoms with Gasteiger partial charge in [-0.3, -0.25) is 0 Å². The molecule has 0 heterocycles. The molecule has 0 fully saturated rings. The van der Waals surface area contributed by atoms with Crippen LogP contribution in [0.5, 0.6) is 17.2 Å². The van der Waals surface area contributed by atoms with Crippen LogP contribution in [0.15, 0.2) is 54.6 Å². The van der Waals surface area contributed by atoms with E-state index < -0.39 is 0 Å². The third-order valence-electron chi connectivity index (χ3n) is 3.64. The van der Waals surface area contributed by atoms with Gasteiger partial charge in [-0.15, -0.1) is 0 Å². The lowest BCUT2D eigenvalue weighted by Gasteiger charge is -2.11. The average molecular weight is 312 g/mol. The lowest BCUT2D eigenvalue weighted by molar-refractivity contribution is 0.343. The second-order valence-corrected chi connectivity index (χ2v) is 5.32. The van der Waals surface area contributed by atoms with Gasteiger partial charge in [0.05, 0.1) is 13.7 Å². The normalized spacial score (nSPS) is 11.3. The Morgan fingerprint density at radius 1 is 1.04 bits per heavy atom. The molecule has 1 N–H and O–H groups in total. The van der Waals surface area contributed by atoms with Gasteiger partial charge in [0.1, 0.15) is 17.2 Å². The number of ether oxygens (including phenoxy) is 2. The lowest BCUT2D eigenvalue weighted by atomic mass is 10.00. The van der Waals surface area contributed by atoms with Crippen molar-refractivity contribution in [1.29, 1.82) is 0 Å². The molecule has 2 rings (SSSR count). The SMILES string of the molecule is CCCC/C(=C\CO)c1cccc(Oc2ccc(OC)cc2)c1. The zero-order chi connectivity index (χ0) is 16.5. The van der Waals surface area contributed by atoms with E-state index in [0.717, 1.165) is 47.6 Å². The van der Waals surface area contributed by atoms with Gasteiger partial charge in [-0.1, -0.05) is 31.6 Å². The summed E-state index contributed by atoms with van der Waals surface area (Å²) >= 11 is 0. The summed E-state index contributed by atoms with van der Waals surface area (Å²) in [7, 11) is 1.64. The molecule has 0 unspecified atom stereocenters. The molecule has 0 saturated carbocycles. The first-order valence-corrected chi connectivity index (χ1v) is 7.99. The van der Waals surface area contributed by atoms with Crippen LogP contribution in [-0.2, 0) is 0 Å². The molecule has 0 amide bonds. The highest BCUT2D eigenvalue weighted by molar-refractivity contribution is 5.66. The van der Waals surface area contributed by atoms with E-state index in [4.69, 9.17) is 9.47 Å². The van der Waals surface area contributed by atoms with E-state index in [-0.39, 0.29) is 6.61 Å². The van der Waals surface area contributed by atoms with E-state index >= 15 is 0 Å². The third kappa shape index (κ3) is 5.15. The highest BCUT2D eigenvalue weighted by Crippen LogP contribution is 2.28. The molecule has 0 aromatic heterocycles. The highest BCUT2D eigenvalue weighted by Gasteiger charge is 2.04. The second-order valence-electron chi connectivity index (χ2n) is 5.32. The zero-order valence-electron chi connectivity index (χ0n) is 13.8. The summed E-state index contributed by atoms with van der Waals surface area (Å²) in [5.74, 6) is 2.36. The van der Waals surface area contributed by atoms with Gasteiger partial charge >= 0.3 is 0 Å². The molecule has 3 nitrogen and oxygen atoms in total. The van der Waals surface area contributed by atoms with Crippen molar-refractivity contribution in [3.05, 3.63) is 60.2 Å². The van der Waals surface area contributed by atoms with Crippen molar-refractivity contribution in [2.24, 2.45) is 0 Å². The van der Waals surface area contributed by atoms with Crippen LogP contribution in [0.4, 0.5) is 0 Å². The molecule has 2 aromatic rings. The minimum Gasteiger partial charge on any atom is -0.497 e. The van der Waals surface area contributed by atoms with Crippen LogP contribution >= 0.6 is 0 Å². The Morgan fingerprint density at radius 2 is 1.78 bits per heavy atom. The van der Waals surface area contributed by atoms with Crippen LogP contribution in [0, 0.1) is 0 Å². The van der Waals surface area contributed by atoms with Crippen molar-refractivity contribution in [2.75, 3.05) is 13.7 Å². The molecule has 0 radical (unpaired) electrons. The Morgan fingerprint density at radius 3 is 2.43 bits per heavy atom. The van der Waals surface area contributed by atoms with E-state index in [1.54, 1.807) is 7.11 Å². The number of rotatable bonds is 8. The Balaban J connectivity index is 2.15. The topological polar surface area (TPSA) is 38.7 Å². The highest BCUT2D eigenvalue weighted by atomic mass is 16.5. The second kappa shape index (κ2) is 9.01. The zero-order valence-corrected chi connectivity index (χ0v) is 13.8. The predicted octanol–water partition coefficient (Wildman–Crippen LogP) is 5.05. The van der Waals surface area contributed by atoms with Crippen molar-refractivity contribution in [3.8, 4) is 17.2 Å². The maximum Gasteiger partial charge on any atom is 0.128 e. The fourth-order valence-corrected chi connectivity index (χ4v) is 2.38. The molecule has 2 aromatic carbocycles. The Kier molecular flexibility index (Phi) is 6.70. The summed E-state index contributed by atoms with van der Waals surface area (Å²) in [5, 5.41) is 9.23. The van der Waals surface area contributed by atoms with Crippen LogP contribution in [0.2, 0.25) is 0 Å². The fourth-order valence-electron chi connectivity index (χ4n) is 2.38. The number of hydrogen-bond acceptors (Lipinski definition) is 3. The van der Waals surface area contributed by atoms with Gasteiger partial charge in [0.15, 0.2) is 0 Å². The van der Waals surface area contributed by atoms with E-state index in [1.165, 1.54) is 0 Å². The smallest absolute Gasteiger partial charge is 0.128 e. The monoisotopic (exact) mass is 312 g/mol. The van der Waals surface area contributed by atoms with Crippen molar-refractivity contribution in [3.63, 3.8) is 0 Å². The fraction of sp³-hybridized carbons (Fsp3) is 0.300. The van der Waals surface area contributed by atoms with Crippen LogP contribution in [0.1, 0.15) is 31.7 Å². The maximum atomic E-state index is 9.23. The molecule has 0 spiro atoms. The number of hydrogen-bond donors (Lipinski definition) is 1. The molecule has 0 aliphatic carbocycles. The largest absolute Gasteiger partial charge is 0.497 e. The number of aliphatic hydroxyl groups excluding tert-OH is 1. The van der Waals surface area contributed by atoms with Crippen molar-refractivity contribution in [1.82, 2.24) is 0 Å². The number of allylic oxidation sites excluding steroid dienone is 1. The molecule has 0 atom stereocenters. The van der Waals surface area contributed by atoms with Gasteiger partial charge in [-0.2, -0.15) is 0 Å². The van der Waals surface area contributed by atoms with E-state index in [0.29, 0.717) is 0 Å². The van der Waals surface area contributed by atoms with Gasteiger partial charge in [-0.05, 0) is 60.4 Å². The molecule has 23 heavy (non-hydrogen) atoms. The molecule has 0 saturated heterocycles. The summed E-state index contributed by atoms with van der Waals surface area (Å²) in [6.07, 6.45) is 5.07. The number of unbranched alkanes of at least 4 members (excludes halogenated alkanes) is 1. The van der Waals surface area contributed by atoms with Gasteiger partial charge in [0.25, 0.3) is 0 Å². The Bertz CT molecular complexity index is 630. The van der Waals surface area contributed by atoms with Crippen molar-refractivity contribution >= 4 is 5.57 Å². The summed E-state index contributed by atoms with van der Waals surface area (Å²) in [6.45, 7) is 2.22. The first-order valence-electron chi connectivity index (χ1n) is 7.99. The van der Waals surface area contributed by atoms with Crippen LogP contribution in [-0.4, -0.2) is 18.8 Å². The van der Waals surface area contributed by atoms with Gasteiger partial charge < -0.3 is 14.6 Å². The van der Waals surface area contributed by atoms with Crippen molar-refractivity contribution < 1.29 is 14.6 Å². The maximum absolute atomic E-state index is 9.23. The van der Waals surface area contributed by atoms with Crippen LogP contribution in [0.3, 0.4) is 0 Å². The molecule has 0 bridgehead atoms. The molecule has 3 heteroatoms. The standard InChI is InChI=1S/C20H24O3/c1-3-4-6-16(13-14-21)17-7-5-8-20(15-17)23-19-11-9-18(22-2)10-12-19/h5,7-13,15,21H,3-4,6,14H2,1-2H3/b16-13+. The van der Waals surface area contributed by atoms with E-state index in [2.05, 4.69) is 13.0 Å².